The lowest BCUT2D eigenvalue weighted by molar-refractivity contribution is 0.230. The third-order valence-corrected chi connectivity index (χ3v) is 3.45. The van der Waals surface area contributed by atoms with E-state index in [0.717, 1.165) is 25.2 Å². The Morgan fingerprint density at radius 3 is 2.59 bits per heavy atom. The van der Waals surface area contributed by atoms with E-state index >= 15 is 0 Å². The zero-order valence-electron chi connectivity index (χ0n) is 11.5. The molecule has 1 rings (SSSR count). The molecule has 5 nitrogen and oxygen atoms in total. The molecular weight excluding hydrogens is 214 g/mol. The lowest BCUT2D eigenvalue weighted by Crippen LogP contribution is -2.34. The molecule has 0 aliphatic carbocycles. The third kappa shape index (κ3) is 4.07. The summed E-state index contributed by atoms with van der Waals surface area (Å²) in [6, 6.07) is 0. The number of hydrogen-bond donors (Lipinski definition) is 1. The van der Waals surface area contributed by atoms with Gasteiger partial charge in [0.05, 0.1) is 7.05 Å². The monoisotopic (exact) mass is 239 g/mol. The van der Waals surface area contributed by atoms with E-state index in [2.05, 4.69) is 34.6 Å². The average molecular weight is 239 g/mol. The quantitative estimate of drug-likeness (QED) is 0.748. The van der Waals surface area contributed by atoms with E-state index < -0.39 is 0 Å². The molecule has 98 valence electrons. The number of aryl methyl sites for hydroxylation is 1. The Morgan fingerprint density at radius 2 is 2.12 bits per heavy atom. The molecule has 0 amide bonds. The van der Waals surface area contributed by atoms with Crippen LogP contribution in [0.2, 0.25) is 0 Å². The summed E-state index contributed by atoms with van der Waals surface area (Å²) < 4.78 is 0. The maximum Gasteiger partial charge on any atom is 0.175 e. The van der Waals surface area contributed by atoms with Gasteiger partial charge in [0.25, 0.3) is 0 Å². The fraction of sp³-hybridized carbons (Fsp3) is 0.917. The van der Waals surface area contributed by atoms with Crippen molar-refractivity contribution in [2.75, 3.05) is 13.6 Å². The molecule has 1 heterocycles. The van der Waals surface area contributed by atoms with Gasteiger partial charge in [-0.05, 0) is 30.5 Å². The second kappa shape index (κ2) is 6.69. The zero-order valence-corrected chi connectivity index (χ0v) is 11.5. The molecule has 0 aliphatic heterocycles. The van der Waals surface area contributed by atoms with Crippen molar-refractivity contribution < 1.29 is 0 Å². The Morgan fingerprint density at radius 1 is 1.35 bits per heavy atom. The highest BCUT2D eigenvalue weighted by Crippen LogP contribution is 2.31. The van der Waals surface area contributed by atoms with Crippen LogP contribution in [0.1, 0.15) is 45.4 Å². The molecule has 0 radical (unpaired) electrons. The standard InChI is InChI=1S/C12H25N5/c1-5-7-8-12(6-2,10-13-3)9-11-14-16-17(4)15-11/h13H,5-10H2,1-4H3. The summed E-state index contributed by atoms with van der Waals surface area (Å²) in [7, 11) is 3.83. The first-order valence-corrected chi connectivity index (χ1v) is 6.53. The van der Waals surface area contributed by atoms with E-state index in [9.17, 15) is 0 Å². The van der Waals surface area contributed by atoms with E-state index in [1.165, 1.54) is 24.1 Å². The Balaban J connectivity index is 2.73. The second-order valence-corrected chi connectivity index (χ2v) is 4.86. The van der Waals surface area contributed by atoms with E-state index in [-0.39, 0.29) is 5.41 Å². The minimum absolute atomic E-state index is 0.272. The summed E-state index contributed by atoms with van der Waals surface area (Å²) in [5.74, 6) is 0.862. The summed E-state index contributed by atoms with van der Waals surface area (Å²) in [5.41, 5.74) is 0.272. The van der Waals surface area contributed by atoms with Gasteiger partial charge in [-0.15, -0.1) is 10.2 Å². The summed E-state index contributed by atoms with van der Waals surface area (Å²) >= 11 is 0. The second-order valence-electron chi connectivity index (χ2n) is 4.86. The fourth-order valence-corrected chi connectivity index (χ4v) is 2.32. The highest BCUT2D eigenvalue weighted by atomic mass is 15.6. The molecule has 17 heavy (non-hydrogen) atoms. The summed E-state index contributed by atoms with van der Waals surface area (Å²) in [6.45, 7) is 5.51. The molecule has 1 aromatic heterocycles. The van der Waals surface area contributed by atoms with Crippen LogP contribution in [0.15, 0.2) is 0 Å². The highest BCUT2D eigenvalue weighted by molar-refractivity contribution is 4.91. The van der Waals surface area contributed by atoms with Crippen LogP contribution in [0.4, 0.5) is 0 Å². The Labute approximate surface area is 104 Å². The molecule has 1 unspecified atom stereocenters. The first kappa shape index (κ1) is 14.1. The molecule has 0 aliphatic rings. The molecule has 1 N–H and O–H groups in total. The van der Waals surface area contributed by atoms with Crippen molar-refractivity contribution in [2.24, 2.45) is 12.5 Å². The predicted octanol–water partition coefficient (Wildman–Crippen LogP) is 1.56. The van der Waals surface area contributed by atoms with E-state index in [1.807, 2.05) is 14.1 Å². The van der Waals surface area contributed by atoms with Gasteiger partial charge in [-0.25, -0.2) is 0 Å². The molecule has 1 aromatic rings. The van der Waals surface area contributed by atoms with Crippen LogP contribution in [-0.2, 0) is 13.5 Å². The van der Waals surface area contributed by atoms with Crippen LogP contribution < -0.4 is 5.32 Å². The number of nitrogens with one attached hydrogen (secondary N) is 1. The molecule has 0 aromatic carbocycles. The molecule has 0 saturated carbocycles. The summed E-state index contributed by atoms with van der Waals surface area (Å²) in [5, 5.41) is 15.6. The van der Waals surface area contributed by atoms with Crippen molar-refractivity contribution in [3.63, 3.8) is 0 Å². The molecule has 0 bridgehead atoms. The Bertz CT molecular complexity index is 322. The Hall–Kier alpha value is -0.970. The van der Waals surface area contributed by atoms with Gasteiger partial charge < -0.3 is 5.32 Å². The van der Waals surface area contributed by atoms with Gasteiger partial charge in [-0.3, -0.25) is 0 Å². The van der Waals surface area contributed by atoms with Crippen LogP contribution in [0.25, 0.3) is 0 Å². The number of rotatable bonds is 8. The third-order valence-electron chi connectivity index (χ3n) is 3.45. The van der Waals surface area contributed by atoms with Gasteiger partial charge in [0, 0.05) is 13.0 Å². The van der Waals surface area contributed by atoms with Crippen LogP contribution in [0.3, 0.4) is 0 Å². The van der Waals surface area contributed by atoms with Crippen molar-refractivity contribution in [1.29, 1.82) is 0 Å². The first-order valence-electron chi connectivity index (χ1n) is 6.53. The van der Waals surface area contributed by atoms with Crippen molar-refractivity contribution in [1.82, 2.24) is 25.5 Å². The number of aromatic nitrogens is 4. The maximum atomic E-state index is 4.30. The maximum absolute atomic E-state index is 4.30. The molecular formula is C12H25N5. The minimum atomic E-state index is 0.272. The van der Waals surface area contributed by atoms with Gasteiger partial charge >= 0.3 is 0 Å². The van der Waals surface area contributed by atoms with E-state index in [1.54, 1.807) is 0 Å². The molecule has 1 atom stereocenters. The van der Waals surface area contributed by atoms with Crippen molar-refractivity contribution >= 4 is 0 Å². The lowest BCUT2D eigenvalue weighted by Gasteiger charge is -2.31. The minimum Gasteiger partial charge on any atom is -0.319 e. The van der Waals surface area contributed by atoms with Crippen molar-refractivity contribution in [2.45, 2.75) is 46.0 Å². The number of tetrazole rings is 1. The Kier molecular flexibility index (Phi) is 5.55. The normalized spacial score (nSPS) is 14.8. The summed E-state index contributed by atoms with van der Waals surface area (Å²) in [4.78, 5) is 1.54. The van der Waals surface area contributed by atoms with Crippen molar-refractivity contribution in [3.8, 4) is 0 Å². The van der Waals surface area contributed by atoms with Crippen LogP contribution in [0.5, 0.6) is 0 Å². The molecule has 0 saturated heterocycles. The van der Waals surface area contributed by atoms with Gasteiger partial charge in [-0.1, -0.05) is 26.7 Å². The number of hydrogen-bond acceptors (Lipinski definition) is 4. The number of unbranched alkanes of at least 4 members (excludes halogenated alkanes) is 1. The van der Waals surface area contributed by atoms with Gasteiger partial charge in [0.2, 0.25) is 0 Å². The van der Waals surface area contributed by atoms with Crippen molar-refractivity contribution in [3.05, 3.63) is 5.82 Å². The zero-order chi connectivity index (χ0) is 12.7. The molecule has 0 fully saturated rings. The number of nitrogens with zero attached hydrogens (tertiary/aromatic N) is 4. The van der Waals surface area contributed by atoms with Gasteiger partial charge in [-0.2, -0.15) is 4.80 Å². The van der Waals surface area contributed by atoms with E-state index in [4.69, 9.17) is 0 Å². The summed E-state index contributed by atoms with van der Waals surface area (Å²) in [6.07, 6.45) is 5.78. The smallest absolute Gasteiger partial charge is 0.175 e. The first-order chi connectivity index (χ1) is 8.15. The topological polar surface area (TPSA) is 55.6 Å². The van der Waals surface area contributed by atoms with Crippen LogP contribution in [-0.4, -0.2) is 33.8 Å². The average Bonchev–Trinajstić information content (AvgIpc) is 2.72. The van der Waals surface area contributed by atoms with Crippen LogP contribution in [0, 0.1) is 5.41 Å². The fourth-order valence-electron chi connectivity index (χ4n) is 2.32. The van der Waals surface area contributed by atoms with Gasteiger partial charge in [0.15, 0.2) is 5.82 Å². The predicted molar refractivity (Wildman–Crippen MR) is 68.7 cm³/mol. The van der Waals surface area contributed by atoms with Crippen LogP contribution >= 0.6 is 0 Å². The SMILES string of the molecule is CCCCC(CC)(CNC)Cc1nnn(C)n1. The molecule has 0 spiro atoms. The van der Waals surface area contributed by atoms with E-state index in [0.29, 0.717) is 0 Å². The highest BCUT2D eigenvalue weighted by Gasteiger charge is 2.29. The molecule has 5 heteroatoms. The van der Waals surface area contributed by atoms with Gasteiger partial charge in [0.1, 0.15) is 0 Å². The lowest BCUT2D eigenvalue weighted by atomic mass is 9.77. The largest absolute Gasteiger partial charge is 0.319 e.